The van der Waals surface area contributed by atoms with Crippen molar-refractivity contribution in [3.63, 3.8) is 0 Å². The van der Waals surface area contributed by atoms with Gasteiger partial charge in [-0.05, 0) is 12.8 Å². The Balaban J connectivity index is 4.22. The molecule has 0 saturated heterocycles. The SMILES string of the molecule is CCC(C)(CNC(C)=O)COCC(C)(CC)COC. The molecule has 4 heteroatoms. The lowest BCUT2D eigenvalue weighted by molar-refractivity contribution is -0.119. The predicted octanol–water partition coefficient (Wildman–Crippen LogP) is 2.62. The van der Waals surface area contributed by atoms with E-state index in [2.05, 4.69) is 33.0 Å². The zero-order chi connectivity index (χ0) is 14.9. The minimum Gasteiger partial charge on any atom is -0.384 e. The van der Waals surface area contributed by atoms with Crippen LogP contribution < -0.4 is 5.32 Å². The van der Waals surface area contributed by atoms with Gasteiger partial charge in [0.2, 0.25) is 5.91 Å². The van der Waals surface area contributed by atoms with Crippen molar-refractivity contribution in [3.8, 4) is 0 Å². The highest BCUT2D eigenvalue weighted by Gasteiger charge is 2.26. The molecule has 0 heterocycles. The monoisotopic (exact) mass is 273 g/mol. The molecule has 0 aliphatic rings. The van der Waals surface area contributed by atoms with E-state index in [1.807, 2.05) is 0 Å². The maximum atomic E-state index is 11.0. The first-order chi connectivity index (χ1) is 8.81. The summed E-state index contributed by atoms with van der Waals surface area (Å²) in [6, 6.07) is 0. The van der Waals surface area contributed by atoms with Gasteiger partial charge in [-0.1, -0.05) is 27.7 Å². The third kappa shape index (κ3) is 7.53. The molecular formula is C15H31NO3. The van der Waals surface area contributed by atoms with Gasteiger partial charge >= 0.3 is 0 Å². The van der Waals surface area contributed by atoms with Gasteiger partial charge in [0.25, 0.3) is 0 Å². The van der Waals surface area contributed by atoms with Crippen molar-refractivity contribution in [1.82, 2.24) is 5.32 Å². The Morgan fingerprint density at radius 1 is 1.05 bits per heavy atom. The second kappa shape index (κ2) is 8.54. The minimum atomic E-state index is -0.00655. The van der Waals surface area contributed by atoms with Crippen LogP contribution in [0.2, 0.25) is 0 Å². The molecule has 0 aliphatic heterocycles. The first-order valence-electron chi connectivity index (χ1n) is 7.12. The van der Waals surface area contributed by atoms with E-state index in [0.717, 1.165) is 12.8 Å². The lowest BCUT2D eigenvalue weighted by Gasteiger charge is -2.32. The van der Waals surface area contributed by atoms with E-state index >= 15 is 0 Å². The second-order valence-corrected chi connectivity index (χ2v) is 6.16. The van der Waals surface area contributed by atoms with Gasteiger partial charge in [0.1, 0.15) is 0 Å². The van der Waals surface area contributed by atoms with Crippen LogP contribution in [0.1, 0.15) is 47.5 Å². The van der Waals surface area contributed by atoms with Crippen LogP contribution in [0.5, 0.6) is 0 Å². The van der Waals surface area contributed by atoms with Gasteiger partial charge in [-0.3, -0.25) is 4.79 Å². The number of hydrogen-bond donors (Lipinski definition) is 1. The average Bonchev–Trinajstić information content (AvgIpc) is 2.37. The number of methoxy groups -OCH3 is 1. The van der Waals surface area contributed by atoms with Gasteiger partial charge in [-0.25, -0.2) is 0 Å². The summed E-state index contributed by atoms with van der Waals surface area (Å²) in [6.45, 7) is 12.8. The number of nitrogens with one attached hydrogen (secondary N) is 1. The van der Waals surface area contributed by atoms with Crippen molar-refractivity contribution in [2.24, 2.45) is 10.8 Å². The first-order valence-corrected chi connectivity index (χ1v) is 7.12. The van der Waals surface area contributed by atoms with Crippen LogP contribution in [-0.2, 0) is 14.3 Å². The highest BCUT2D eigenvalue weighted by atomic mass is 16.5. The maximum absolute atomic E-state index is 11.0. The molecule has 2 unspecified atom stereocenters. The zero-order valence-corrected chi connectivity index (χ0v) is 13.5. The molecule has 1 N–H and O–H groups in total. The third-order valence-electron chi connectivity index (χ3n) is 3.87. The van der Waals surface area contributed by atoms with Gasteiger partial charge in [0.15, 0.2) is 0 Å². The molecule has 19 heavy (non-hydrogen) atoms. The normalized spacial score (nSPS) is 17.6. The van der Waals surface area contributed by atoms with E-state index in [9.17, 15) is 4.79 Å². The Bertz CT molecular complexity index is 270. The van der Waals surface area contributed by atoms with Crippen molar-refractivity contribution >= 4 is 5.91 Å². The molecule has 0 bridgehead atoms. The van der Waals surface area contributed by atoms with Crippen molar-refractivity contribution in [3.05, 3.63) is 0 Å². The van der Waals surface area contributed by atoms with Crippen LogP contribution in [0.25, 0.3) is 0 Å². The topological polar surface area (TPSA) is 47.6 Å². The molecule has 0 aromatic rings. The Morgan fingerprint density at radius 3 is 2.00 bits per heavy atom. The van der Waals surface area contributed by atoms with Gasteiger partial charge in [0, 0.05) is 31.4 Å². The summed E-state index contributed by atoms with van der Waals surface area (Å²) in [6.07, 6.45) is 2.00. The quantitative estimate of drug-likeness (QED) is 0.665. The van der Waals surface area contributed by atoms with Crippen molar-refractivity contribution in [2.75, 3.05) is 33.5 Å². The van der Waals surface area contributed by atoms with Gasteiger partial charge < -0.3 is 14.8 Å². The summed E-state index contributed by atoms with van der Waals surface area (Å²) in [5.74, 6) is 0.0115. The van der Waals surface area contributed by atoms with Crippen molar-refractivity contribution in [2.45, 2.75) is 47.5 Å². The first kappa shape index (κ1) is 18.4. The van der Waals surface area contributed by atoms with E-state index in [0.29, 0.717) is 26.4 Å². The van der Waals surface area contributed by atoms with Crippen LogP contribution >= 0.6 is 0 Å². The predicted molar refractivity (Wildman–Crippen MR) is 78.2 cm³/mol. The van der Waals surface area contributed by atoms with E-state index < -0.39 is 0 Å². The number of rotatable bonds is 10. The molecule has 2 atom stereocenters. The summed E-state index contributed by atoms with van der Waals surface area (Å²) in [7, 11) is 1.72. The fraction of sp³-hybridized carbons (Fsp3) is 0.933. The smallest absolute Gasteiger partial charge is 0.216 e. The van der Waals surface area contributed by atoms with Crippen LogP contribution in [0, 0.1) is 10.8 Å². The molecule has 0 aliphatic carbocycles. The molecule has 0 saturated carbocycles. The molecule has 114 valence electrons. The van der Waals surface area contributed by atoms with Crippen LogP contribution in [0.15, 0.2) is 0 Å². The average molecular weight is 273 g/mol. The Morgan fingerprint density at radius 2 is 1.58 bits per heavy atom. The summed E-state index contributed by atoms with van der Waals surface area (Å²) < 4.78 is 11.1. The molecule has 0 rings (SSSR count). The summed E-state index contributed by atoms with van der Waals surface area (Å²) in [5, 5.41) is 2.88. The van der Waals surface area contributed by atoms with E-state index in [1.54, 1.807) is 14.0 Å². The Kier molecular flexibility index (Phi) is 8.26. The highest BCUT2D eigenvalue weighted by molar-refractivity contribution is 5.72. The Labute approximate surface area is 118 Å². The lowest BCUT2D eigenvalue weighted by atomic mass is 9.87. The summed E-state index contributed by atoms with van der Waals surface area (Å²) in [5.41, 5.74) is 0.0603. The minimum absolute atomic E-state index is 0.00655. The van der Waals surface area contributed by atoms with E-state index in [-0.39, 0.29) is 16.7 Å². The third-order valence-corrected chi connectivity index (χ3v) is 3.87. The summed E-state index contributed by atoms with van der Waals surface area (Å²) in [4.78, 5) is 11.0. The molecule has 0 radical (unpaired) electrons. The maximum Gasteiger partial charge on any atom is 0.216 e. The van der Waals surface area contributed by atoms with E-state index in [1.165, 1.54) is 0 Å². The number of hydrogen-bond acceptors (Lipinski definition) is 3. The molecule has 0 fully saturated rings. The fourth-order valence-corrected chi connectivity index (χ4v) is 1.75. The second-order valence-electron chi connectivity index (χ2n) is 6.16. The van der Waals surface area contributed by atoms with Gasteiger partial charge in [-0.15, -0.1) is 0 Å². The molecule has 4 nitrogen and oxygen atoms in total. The molecule has 0 spiro atoms. The van der Waals surface area contributed by atoms with Crippen molar-refractivity contribution < 1.29 is 14.3 Å². The number of carbonyl (C=O) groups excluding carboxylic acids is 1. The fourth-order valence-electron chi connectivity index (χ4n) is 1.75. The van der Waals surface area contributed by atoms with Gasteiger partial charge in [-0.2, -0.15) is 0 Å². The van der Waals surface area contributed by atoms with Crippen LogP contribution in [0.3, 0.4) is 0 Å². The molecule has 0 aromatic heterocycles. The van der Waals surface area contributed by atoms with Crippen LogP contribution in [-0.4, -0.2) is 39.4 Å². The number of amides is 1. The van der Waals surface area contributed by atoms with E-state index in [4.69, 9.17) is 9.47 Å². The largest absolute Gasteiger partial charge is 0.384 e. The number of carbonyl (C=O) groups is 1. The summed E-state index contributed by atoms with van der Waals surface area (Å²) >= 11 is 0. The number of ether oxygens (including phenoxy) is 2. The van der Waals surface area contributed by atoms with Crippen LogP contribution in [0.4, 0.5) is 0 Å². The standard InChI is InChI=1S/C15H31NO3/c1-7-14(4,9-16-13(3)17)11-19-12-15(5,8-2)10-18-6/h7-12H2,1-6H3,(H,16,17). The molecule has 1 amide bonds. The lowest BCUT2D eigenvalue weighted by Crippen LogP contribution is -2.39. The molecule has 0 aromatic carbocycles. The zero-order valence-electron chi connectivity index (χ0n) is 13.5. The van der Waals surface area contributed by atoms with Crippen molar-refractivity contribution in [1.29, 1.82) is 0 Å². The Hall–Kier alpha value is -0.610. The highest BCUT2D eigenvalue weighted by Crippen LogP contribution is 2.25. The molecular weight excluding hydrogens is 242 g/mol. The van der Waals surface area contributed by atoms with Gasteiger partial charge in [0.05, 0.1) is 19.8 Å².